The molecule has 0 unspecified atom stereocenters. The highest BCUT2D eigenvalue weighted by Crippen LogP contribution is 2.38. The van der Waals surface area contributed by atoms with Crippen LogP contribution in [0.2, 0.25) is 0 Å². The number of hydrogen-bond donors (Lipinski definition) is 0. The highest BCUT2D eigenvalue weighted by molar-refractivity contribution is 6.11. The lowest BCUT2D eigenvalue weighted by molar-refractivity contribution is 1.18. The van der Waals surface area contributed by atoms with E-state index in [0.717, 1.165) is 27.8 Å². The average Bonchev–Trinajstić information content (AvgIpc) is 3.51. The molecule has 0 aliphatic rings. The van der Waals surface area contributed by atoms with E-state index in [1.807, 2.05) is 103 Å². The molecule has 0 fully saturated rings. The first-order valence-electron chi connectivity index (χ1n) is 17.2. The summed E-state index contributed by atoms with van der Waals surface area (Å²) in [5.41, 5.74) is 4.63. The van der Waals surface area contributed by atoms with Crippen molar-refractivity contribution in [3.63, 3.8) is 0 Å². The zero-order valence-electron chi connectivity index (χ0n) is 29.7. The second kappa shape index (κ2) is 9.58. The number of aromatic nitrogens is 3. The molecule has 8 aromatic rings. The molecule has 0 amide bonds. The molecule has 41 heavy (non-hydrogen) atoms. The normalized spacial score (nSPS) is 14.1. The quantitative estimate of drug-likeness (QED) is 0.226. The number of benzene rings is 6. The fourth-order valence-electron chi connectivity index (χ4n) is 5.42. The molecule has 0 saturated heterocycles. The minimum Gasteiger partial charge on any atom is -0.309 e. The summed E-state index contributed by atoms with van der Waals surface area (Å²) < 4.78 is 70.8. The fourth-order valence-corrected chi connectivity index (χ4v) is 5.42. The first-order valence-corrected chi connectivity index (χ1v) is 13.2. The van der Waals surface area contributed by atoms with Crippen LogP contribution in [0.15, 0.2) is 151 Å². The van der Waals surface area contributed by atoms with Gasteiger partial charge in [-0.2, -0.15) is 0 Å². The van der Waals surface area contributed by atoms with Crippen molar-refractivity contribution < 1.29 is 11.0 Å². The van der Waals surface area contributed by atoms with Gasteiger partial charge in [0.15, 0.2) is 5.82 Å². The highest BCUT2D eigenvalue weighted by atomic mass is 15.0. The summed E-state index contributed by atoms with van der Waals surface area (Å²) in [6, 6.07) is 29.5. The van der Waals surface area contributed by atoms with Gasteiger partial charge in [0.2, 0.25) is 0 Å². The molecule has 0 spiro atoms. The van der Waals surface area contributed by atoms with Gasteiger partial charge in [-0.15, -0.1) is 0 Å². The van der Waals surface area contributed by atoms with Crippen molar-refractivity contribution in [3.05, 3.63) is 151 Å². The Morgan fingerprint density at radius 2 is 1.05 bits per heavy atom. The lowest BCUT2D eigenvalue weighted by atomic mass is 9.98. The van der Waals surface area contributed by atoms with Gasteiger partial charge in [-0.1, -0.05) is 127 Å². The summed E-state index contributed by atoms with van der Waals surface area (Å²) in [6.07, 6.45) is 0. The molecule has 2 heterocycles. The Balaban J connectivity index is 1.48. The molecule has 0 aliphatic heterocycles. The van der Waals surface area contributed by atoms with Crippen LogP contribution in [0.1, 0.15) is 11.0 Å². The first-order chi connectivity index (χ1) is 23.7. The first kappa shape index (κ1) is 16.5. The standard InChI is InChI=1S/C38H25N3/c1-3-13-26(14-4-1)33-25-34(40-38(39-33)27-15-5-2-6-16-27)29-23-24-37(30-18-8-7-17-28(29)30)41-35-21-11-9-19-31(35)32-20-10-12-22-36(32)41/h1-25H/i9D,10D,11D,12D,19D,20D,21D,22D. The van der Waals surface area contributed by atoms with Crippen LogP contribution >= 0.6 is 0 Å². The summed E-state index contributed by atoms with van der Waals surface area (Å²) >= 11 is 0. The van der Waals surface area contributed by atoms with E-state index in [2.05, 4.69) is 0 Å². The molecule has 0 atom stereocenters. The van der Waals surface area contributed by atoms with Crippen LogP contribution in [0.5, 0.6) is 0 Å². The third kappa shape index (κ3) is 3.90. The molecule has 0 N–H and O–H groups in total. The summed E-state index contributed by atoms with van der Waals surface area (Å²) in [6.45, 7) is 0. The highest BCUT2D eigenvalue weighted by Gasteiger charge is 2.17. The van der Waals surface area contributed by atoms with Crippen molar-refractivity contribution in [1.29, 1.82) is 0 Å². The Bertz CT molecular complexity index is 2500. The Hall–Kier alpha value is -5.54. The van der Waals surface area contributed by atoms with Gasteiger partial charge in [-0.3, -0.25) is 0 Å². The molecule has 0 saturated carbocycles. The van der Waals surface area contributed by atoms with Gasteiger partial charge in [0.1, 0.15) is 0 Å². The SMILES string of the molecule is [2H]c1c([2H])c([2H])c2c(c1[2H])c1c([2H])c([2H])c([2H])c([2H])c1n2-c1ccc(-c2cc(-c3ccccc3)nc(-c3ccccc3)n2)c2ccccc12. The smallest absolute Gasteiger partial charge is 0.160 e. The Morgan fingerprint density at radius 1 is 0.488 bits per heavy atom. The van der Waals surface area contributed by atoms with E-state index in [-0.39, 0.29) is 46.0 Å². The number of para-hydroxylation sites is 2. The van der Waals surface area contributed by atoms with Crippen molar-refractivity contribution >= 4 is 32.6 Å². The molecule has 2 aromatic heterocycles. The Morgan fingerprint density at radius 3 is 1.73 bits per heavy atom. The third-order valence-electron chi connectivity index (χ3n) is 7.28. The largest absolute Gasteiger partial charge is 0.309 e. The van der Waals surface area contributed by atoms with E-state index in [4.69, 9.17) is 20.9 Å². The summed E-state index contributed by atoms with van der Waals surface area (Å²) in [4.78, 5) is 9.93. The number of nitrogens with zero attached hydrogens (tertiary/aromatic N) is 3. The van der Waals surface area contributed by atoms with Gasteiger partial charge in [-0.25, -0.2) is 9.97 Å². The molecule has 0 aliphatic carbocycles. The predicted octanol–water partition coefficient (Wildman–Crippen LogP) is 9.73. The van der Waals surface area contributed by atoms with Gasteiger partial charge in [0.25, 0.3) is 0 Å². The zero-order valence-corrected chi connectivity index (χ0v) is 21.7. The third-order valence-corrected chi connectivity index (χ3v) is 7.28. The van der Waals surface area contributed by atoms with E-state index < -0.39 is 24.2 Å². The van der Waals surface area contributed by atoms with Crippen molar-refractivity contribution in [2.24, 2.45) is 0 Å². The minimum atomic E-state index is -0.476. The summed E-state index contributed by atoms with van der Waals surface area (Å²) in [5.74, 6) is 0.555. The van der Waals surface area contributed by atoms with E-state index >= 15 is 0 Å². The maximum absolute atomic E-state index is 8.95. The number of fused-ring (bicyclic) bond motifs is 4. The van der Waals surface area contributed by atoms with Crippen molar-refractivity contribution in [2.75, 3.05) is 0 Å². The number of hydrogen-bond acceptors (Lipinski definition) is 2. The lowest BCUT2D eigenvalue weighted by Gasteiger charge is -2.15. The second-order valence-corrected chi connectivity index (χ2v) is 9.65. The minimum absolute atomic E-state index is 0.0389. The second-order valence-electron chi connectivity index (χ2n) is 9.65. The molecule has 3 heteroatoms. The van der Waals surface area contributed by atoms with Crippen LogP contribution < -0.4 is 0 Å². The summed E-state index contributed by atoms with van der Waals surface area (Å²) in [7, 11) is 0. The van der Waals surface area contributed by atoms with E-state index in [0.29, 0.717) is 22.6 Å². The molecular formula is C38H25N3. The van der Waals surface area contributed by atoms with Crippen LogP contribution in [0.4, 0.5) is 0 Å². The topological polar surface area (TPSA) is 30.7 Å². The van der Waals surface area contributed by atoms with Gasteiger partial charge >= 0.3 is 0 Å². The molecule has 6 aromatic carbocycles. The van der Waals surface area contributed by atoms with Crippen molar-refractivity contribution in [2.45, 2.75) is 0 Å². The molecule has 192 valence electrons. The maximum atomic E-state index is 8.95. The molecule has 8 rings (SSSR count). The van der Waals surface area contributed by atoms with Gasteiger partial charge in [-0.05, 0) is 29.6 Å². The molecule has 0 bridgehead atoms. The Labute approximate surface area is 249 Å². The Kier molecular flexibility index (Phi) is 3.86. The predicted molar refractivity (Wildman–Crippen MR) is 170 cm³/mol. The van der Waals surface area contributed by atoms with Crippen LogP contribution in [0.3, 0.4) is 0 Å². The van der Waals surface area contributed by atoms with Crippen LogP contribution in [-0.4, -0.2) is 14.5 Å². The average molecular weight is 532 g/mol. The molecule has 3 nitrogen and oxygen atoms in total. The van der Waals surface area contributed by atoms with Crippen molar-refractivity contribution in [3.8, 4) is 39.6 Å². The molecule has 0 radical (unpaired) electrons. The monoisotopic (exact) mass is 531 g/mol. The number of rotatable bonds is 4. The fraction of sp³-hybridized carbons (Fsp3) is 0. The van der Waals surface area contributed by atoms with Gasteiger partial charge < -0.3 is 4.57 Å². The van der Waals surface area contributed by atoms with Crippen LogP contribution in [0.25, 0.3) is 72.2 Å². The summed E-state index contributed by atoms with van der Waals surface area (Å²) in [5, 5.41) is 1.56. The van der Waals surface area contributed by atoms with Gasteiger partial charge in [0.05, 0.1) is 39.1 Å². The molecular weight excluding hydrogens is 498 g/mol. The van der Waals surface area contributed by atoms with Gasteiger partial charge in [0, 0.05) is 32.8 Å². The van der Waals surface area contributed by atoms with Crippen LogP contribution in [0, 0.1) is 0 Å². The van der Waals surface area contributed by atoms with E-state index in [1.165, 1.54) is 0 Å². The van der Waals surface area contributed by atoms with Crippen LogP contribution in [-0.2, 0) is 0 Å². The van der Waals surface area contributed by atoms with Crippen molar-refractivity contribution in [1.82, 2.24) is 14.5 Å². The van der Waals surface area contributed by atoms with E-state index in [1.54, 1.807) is 4.57 Å². The van der Waals surface area contributed by atoms with E-state index in [9.17, 15) is 0 Å². The maximum Gasteiger partial charge on any atom is 0.160 e. The lowest BCUT2D eigenvalue weighted by Crippen LogP contribution is -1.98. The zero-order chi connectivity index (χ0) is 34.1.